The maximum Gasteiger partial charge on any atom is 0.229 e. The van der Waals surface area contributed by atoms with E-state index in [1.54, 1.807) is 4.90 Å². The van der Waals surface area contributed by atoms with Gasteiger partial charge >= 0.3 is 0 Å². The van der Waals surface area contributed by atoms with Gasteiger partial charge in [0.15, 0.2) is 0 Å². The average molecular weight is 336 g/mol. The van der Waals surface area contributed by atoms with E-state index in [1.165, 1.54) is 0 Å². The van der Waals surface area contributed by atoms with E-state index in [9.17, 15) is 9.59 Å². The van der Waals surface area contributed by atoms with Crippen LogP contribution in [-0.4, -0.2) is 18.4 Å². The van der Waals surface area contributed by atoms with Gasteiger partial charge in [-0.1, -0.05) is 24.3 Å². The van der Waals surface area contributed by atoms with Crippen molar-refractivity contribution in [3.63, 3.8) is 0 Å². The van der Waals surface area contributed by atoms with Gasteiger partial charge in [0, 0.05) is 24.3 Å². The fourth-order valence-electron chi connectivity index (χ4n) is 3.62. The number of benzene rings is 2. The van der Waals surface area contributed by atoms with Crippen molar-refractivity contribution in [1.29, 1.82) is 0 Å². The summed E-state index contributed by atoms with van der Waals surface area (Å²) in [5.41, 5.74) is 6.06. The molecule has 1 aliphatic rings. The quantitative estimate of drug-likeness (QED) is 0.924. The second kappa shape index (κ2) is 6.71. The molecule has 0 radical (unpaired) electrons. The first-order valence-corrected chi connectivity index (χ1v) is 8.61. The molecule has 4 heteroatoms. The highest BCUT2D eigenvalue weighted by atomic mass is 16.2. The minimum atomic E-state index is -0.327. The Morgan fingerprint density at radius 3 is 2.24 bits per heavy atom. The summed E-state index contributed by atoms with van der Waals surface area (Å²) in [5.74, 6) is -0.405. The molecule has 0 saturated carbocycles. The highest BCUT2D eigenvalue weighted by Gasteiger charge is 2.36. The number of carbonyl (C=O) groups excluding carboxylic acids is 2. The van der Waals surface area contributed by atoms with Gasteiger partial charge < -0.3 is 10.2 Å². The largest absolute Gasteiger partial charge is 0.326 e. The second-order valence-corrected chi connectivity index (χ2v) is 7.01. The highest BCUT2D eigenvalue weighted by molar-refractivity contribution is 6.04. The number of hydrogen-bond donors (Lipinski definition) is 1. The first-order chi connectivity index (χ1) is 11.8. The zero-order valence-corrected chi connectivity index (χ0v) is 15.2. The number of carbonyl (C=O) groups is 2. The molecule has 0 aliphatic carbocycles. The Kier molecular flexibility index (Phi) is 4.62. The maximum atomic E-state index is 12.6. The predicted molar refractivity (Wildman–Crippen MR) is 101 cm³/mol. The Balaban J connectivity index is 1.77. The summed E-state index contributed by atoms with van der Waals surface area (Å²) in [5, 5.41) is 2.97. The summed E-state index contributed by atoms with van der Waals surface area (Å²) >= 11 is 0. The number of hydrogen-bond acceptors (Lipinski definition) is 2. The monoisotopic (exact) mass is 336 g/mol. The Hall–Kier alpha value is -2.62. The van der Waals surface area contributed by atoms with E-state index in [-0.39, 0.29) is 24.2 Å². The van der Waals surface area contributed by atoms with Crippen LogP contribution in [0.1, 0.15) is 28.7 Å². The van der Waals surface area contributed by atoms with Crippen molar-refractivity contribution in [3.8, 4) is 0 Å². The lowest BCUT2D eigenvalue weighted by molar-refractivity contribution is -0.122. The van der Waals surface area contributed by atoms with E-state index < -0.39 is 0 Å². The van der Waals surface area contributed by atoms with Gasteiger partial charge in [-0.15, -0.1) is 0 Å². The van der Waals surface area contributed by atoms with Crippen molar-refractivity contribution < 1.29 is 9.59 Å². The molecular formula is C21H24N2O2. The van der Waals surface area contributed by atoms with Crippen LogP contribution in [0.15, 0.2) is 36.4 Å². The molecule has 0 unspecified atom stereocenters. The van der Waals surface area contributed by atoms with Gasteiger partial charge in [0.25, 0.3) is 0 Å². The van der Waals surface area contributed by atoms with E-state index in [4.69, 9.17) is 0 Å². The fourth-order valence-corrected chi connectivity index (χ4v) is 3.62. The molecule has 0 spiro atoms. The Morgan fingerprint density at radius 1 is 1.04 bits per heavy atom. The van der Waals surface area contributed by atoms with Crippen LogP contribution >= 0.6 is 0 Å². The first-order valence-electron chi connectivity index (χ1n) is 8.61. The predicted octanol–water partition coefficient (Wildman–Crippen LogP) is 3.91. The average Bonchev–Trinajstić information content (AvgIpc) is 2.88. The summed E-state index contributed by atoms with van der Waals surface area (Å²) in [6.07, 6.45) is 0.254. The van der Waals surface area contributed by atoms with E-state index >= 15 is 0 Å². The van der Waals surface area contributed by atoms with Gasteiger partial charge in [-0.05, 0) is 62.1 Å². The van der Waals surface area contributed by atoms with Crippen molar-refractivity contribution in [2.75, 3.05) is 16.8 Å². The zero-order chi connectivity index (χ0) is 18.1. The minimum absolute atomic E-state index is 0.0120. The molecule has 1 N–H and O–H groups in total. The summed E-state index contributed by atoms with van der Waals surface area (Å²) in [6.45, 7) is 8.44. The molecule has 1 fully saturated rings. The molecule has 1 atom stereocenters. The van der Waals surface area contributed by atoms with Crippen LogP contribution in [0.4, 0.5) is 11.4 Å². The number of amides is 2. The highest BCUT2D eigenvalue weighted by Crippen LogP contribution is 2.31. The van der Waals surface area contributed by atoms with E-state index in [2.05, 4.69) is 11.4 Å². The molecule has 2 aromatic rings. The third-order valence-corrected chi connectivity index (χ3v) is 4.69. The van der Waals surface area contributed by atoms with Gasteiger partial charge in [0.2, 0.25) is 11.8 Å². The van der Waals surface area contributed by atoms with Crippen LogP contribution in [0.25, 0.3) is 0 Å². The summed E-state index contributed by atoms with van der Waals surface area (Å²) in [4.78, 5) is 26.9. The molecule has 0 bridgehead atoms. The molecule has 1 aliphatic heterocycles. The van der Waals surface area contributed by atoms with E-state index in [0.717, 1.165) is 33.6 Å². The van der Waals surface area contributed by atoms with Gasteiger partial charge in [-0.3, -0.25) is 9.59 Å². The van der Waals surface area contributed by atoms with Crippen molar-refractivity contribution in [3.05, 3.63) is 58.7 Å². The van der Waals surface area contributed by atoms with Crippen LogP contribution in [0.5, 0.6) is 0 Å². The van der Waals surface area contributed by atoms with Gasteiger partial charge in [0.1, 0.15) is 0 Å². The zero-order valence-electron chi connectivity index (χ0n) is 15.2. The van der Waals surface area contributed by atoms with Crippen LogP contribution < -0.4 is 10.2 Å². The number of nitrogens with one attached hydrogen (secondary N) is 1. The second-order valence-electron chi connectivity index (χ2n) is 7.01. The normalized spacial score (nSPS) is 17.0. The van der Waals surface area contributed by atoms with Crippen molar-refractivity contribution >= 4 is 23.2 Å². The molecule has 3 rings (SSSR count). The van der Waals surface area contributed by atoms with Crippen LogP contribution in [0, 0.1) is 33.6 Å². The van der Waals surface area contributed by atoms with Gasteiger partial charge in [-0.25, -0.2) is 0 Å². The molecule has 2 amide bonds. The Labute approximate surface area is 148 Å². The Morgan fingerprint density at radius 2 is 1.64 bits per heavy atom. The maximum absolute atomic E-state index is 12.6. The molecule has 1 saturated heterocycles. The number of rotatable bonds is 3. The number of aryl methyl sites for hydroxylation is 4. The van der Waals surface area contributed by atoms with Crippen molar-refractivity contribution in [1.82, 2.24) is 0 Å². The summed E-state index contributed by atoms with van der Waals surface area (Å²) in [7, 11) is 0. The number of para-hydroxylation sites is 1. The SMILES string of the molecule is Cc1cc(C)cc(NC(=O)[C@@H]2CC(=O)N(c3c(C)cccc3C)C2)c1. The molecule has 1 heterocycles. The lowest BCUT2D eigenvalue weighted by Crippen LogP contribution is -2.29. The number of anilines is 2. The van der Waals surface area contributed by atoms with Crippen LogP contribution in [0.3, 0.4) is 0 Å². The third kappa shape index (κ3) is 3.58. The molecule has 130 valence electrons. The Bertz CT molecular complexity index is 801. The van der Waals surface area contributed by atoms with E-state index in [1.807, 2.05) is 58.0 Å². The smallest absolute Gasteiger partial charge is 0.229 e. The summed E-state index contributed by atoms with van der Waals surface area (Å²) in [6, 6.07) is 11.9. The van der Waals surface area contributed by atoms with E-state index in [0.29, 0.717) is 6.54 Å². The van der Waals surface area contributed by atoms with Crippen molar-refractivity contribution in [2.45, 2.75) is 34.1 Å². The minimum Gasteiger partial charge on any atom is -0.326 e. The van der Waals surface area contributed by atoms with Gasteiger partial charge in [0.05, 0.1) is 5.92 Å². The lowest BCUT2D eigenvalue weighted by Gasteiger charge is -2.21. The molecule has 4 nitrogen and oxygen atoms in total. The van der Waals surface area contributed by atoms with Gasteiger partial charge in [-0.2, -0.15) is 0 Å². The fraction of sp³-hybridized carbons (Fsp3) is 0.333. The molecule has 25 heavy (non-hydrogen) atoms. The topological polar surface area (TPSA) is 49.4 Å². The molecule has 2 aromatic carbocycles. The number of nitrogens with zero attached hydrogens (tertiary/aromatic N) is 1. The molecule has 0 aromatic heterocycles. The van der Waals surface area contributed by atoms with Crippen LogP contribution in [0.2, 0.25) is 0 Å². The molecular weight excluding hydrogens is 312 g/mol. The summed E-state index contributed by atoms with van der Waals surface area (Å²) < 4.78 is 0. The standard InChI is InChI=1S/C21H24N2O2/c1-13-8-14(2)10-18(9-13)22-21(25)17-11-19(24)23(12-17)20-15(3)6-5-7-16(20)4/h5-10,17H,11-12H2,1-4H3,(H,22,25)/t17-/m1/s1. The van der Waals surface area contributed by atoms with Crippen molar-refractivity contribution in [2.24, 2.45) is 5.92 Å². The lowest BCUT2D eigenvalue weighted by atomic mass is 10.1. The van der Waals surface area contributed by atoms with Crippen LogP contribution in [-0.2, 0) is 9.59 Å². The third-order valence-electron chi connectivity index (χ3n) is 4.69. The first kappa shape index (κ1) is 17.2.